The van der Waals surface area contributed by atoms with Gasteiger partial charge >= 0.3 is 0 Å². The molecule has 2 aromatic heterocycles. The molecule has 0 fully saturated rings. The Balaban J connectivity index is 1.70. The van der Waals surface area contributed by atoms with E-state index in [0.717, 1.165) is 41.2 Å². The highest BCUT2D eigenvalue weighted by Crippen LogP contribution is 2.21. The molecule has 1 aromatic carbocycles. The van der Waals surface area contributed by atoms with E-state index in [1.54, 1.807) is 9.13 Å². The number of para-hydroxylation sites is 1. The number of nitrogens with zero attached hydrogens (tertiary/aromatic N) is 3. The zero-order valence-corrected chi connectivity index (χ0v) is 15.3. The van der Waals surface area contributed by atoms with Crippen LogP contribution >= 0.6 is 0 Å². The molecule has 0 spiro atoms. The van der Waals surface area contributed by atoms with E-state index in [2.05, 4.69) is 10.3 Å². The van der Waals surface area contributed by atoms with Crippen LogP contribution in [0.15, 0.2) is 29.1 Å². The minimum Gasteiger partial charge on any atom is -0.330 e. The molecule has 1 aliphatic heterocycles. The average molecular weight is 350 g/mol. The van der Waals surface area contributed by atoms with Gasteiger partial charge in [-0.15, -0.1) is 0 Å². The lowest BCUT2D eigenvalue weighted by molar-refractivity contribution is -0.116. The van der Waals surface area contributed by atoms with Gasteiger partial charge in [0.1, 0.15) is 17.9 Å². The molecule has 0 saturated heterocycles. The molecule has 3 heterocycles. The molecule has 0 aliphatic carbocycles. The standard InChI is InChI=1S/C20H22N4O2/c1-12-6-4-7-13(2)18(12)22-17(25)11-24-14(3)10-15-19(24)20(26)23-9-5-8-16(23)21-15/h4,6-7,10H,5,8-9,11H2,1-3H3,(H,22,25). The number of nitrogens with one attached hydrogen (secondary N) is 1. The summed E-state index contributed by atoms with van der Waals surface area (Å²) in [7, 11) is 0. The SMILES string of the molecule is Cc1cccc(C)c1NC(=O)Cn1c(C)cc2nc3n(c(=O)c21)CCC3. The van der Waals surface area contributed by atoms with Crippen LogP contribution in [0.25, 0.3) is 11.0 Å². The molecule has 1 amide bonds. The summed E-state index contributed by atoms with van der Waals surface area (Å²) in [5.74, 6) is 0.701. The lowest BCUT2D eigenvalue weighted by atomic mass is 10.1. The van der Waals surface area contributed by atoms with E-state index in [-0.39, 0.29) is 18.0 Å². The lowest BCUT2D eigenvalue weighted by Gasteiger charge is -2.13. The van der Waals surface area contributed by atoms with Gasteiger partial charge in [-0.05, 0) is 44.4 Å². The summed E-state index contributed by atoms with van der Waals surface area (Å²) in [6.07, 6.45) is 1.78. The van der Waals surface area contributed by atoms with Gasteiger partial charge in [-0.25, -0.2) is 4.98 Å². The van der Waals surface area contributed by atoms with Gasteiger partial charge in [0.25, 0.3) is 5.56 Å². The van der Waals surface area contributed by atoms with Gasteiger partial charge in [0, 0.05) is 24.3 Å². The Bertz CT molecular complexity index is 1070. The highest BCUT2D eigenvalue weighted by molar-refractivity contribution is 5.93. The largest absolute Gasteiger partial charge is 0.330 e. The molecular weight excluding hydrogens is 328 g/mol. The molecule has 0 atom stereocenters. The van der Waals surface area contributed by atoms with Crippen molar-refractivity contribution in [3.8, 4) is 0 Å². The predicted molar refractivity (Wildman–Crippen MR) is 102 cm³/mol. The highest BCUT2D eigenvalue weighted by atomic mass is 16.2. The first-order chi connectivity index (χ1) is 12.5. The monoisotopic (exact) mass is 350 g/mol. The zero-order chi connectivity index (χ0) is 18.4. The second-order valence-electron chi connectivity index (χ2n) is 7.01. The van der Waals surface area contributed by atoms with E-state index in [9.17, 15) is 9.59 Å². The molecule has 6 nitrogen and oxygen atoms in total. The van der Waals surface area contributed by atoms with Crippen molar-refractivity contribution in [1.82, 2.24) is 14.1 Å². The molecule has 6 heteroatoms. The van der Waals surface area contributed by atoms with Crippen molar-refractivity contribution in [2.75, 3.05) is 5.32 Å². The van der Waals surface area contributed by atoms with Crippen LogP contribution in [0.5, 0.6) is 0 Å². The summed E-state index contributed by atoms with van der Waals surface area (Å²) < 4.78 is 3.51. The van der Waals surface area contributed by atoms with Gasteiger partial charge in [0.05, 0.1) is 5.52 Å². The van der Waals surface area contributed by atoms with Crippen molar-refractivity contribution >= 4 is 22.6 Å². The number of amides is 1. The van der Waals surface area contributed by atoms with Gasteiger partial charge in [-0.1, -0.05) is 18.2 Å². The Morgan fingerprint density at radius 2 is 1.96 bits per heavy atom. The number of hydrogen-bond donors (Lipinski definition) is 1. The molecule has 134 valence electrons. The molecule has 0 unspecified atom stereocenters. The number of fused-ring (bicyclic) bond motifs is 2. The lowest BCUT2D eigenvalue weighted by Crippen LogP contribution is -2.26. The maximum absolute atomic E-state index is 12.9. The first-order valence-electron chi connectivity index (χ1n) is 8.91. The molecule has 0 radical (unpaired) electrons. The second kappa shape index (κ2) is 6.12. The number of anilines is 1. The third-order valence-corrected chi connectivity index (χ3v) is 5.12. The highest BCUT2D eigenvalue weighted by Gasteiger charge is 2.21. The van der Waals surface area contributed by atoms with Crippen LogP contribution in [0.4, 0.5) is 5.69 Å². The zero-order valence-electron chi connectivity index (χ0n) is 15.3. The van der Waals surface area contributed by atoms with Gasteiger partial charge in [0.2, 0.25) is 5.91 Å². The Labute approximate surface area is 151 Å². The minimum absolute atomic E-state index is 0.0459. The van der Waals surface area contributed by atoms with E-state index in [1.807, 2.05) is 45.0 Å². The maximum atomic E-state index is 12.9. The maximum Gasteiger partial charge on any atom is 0.278 e. The molecule has 4 rings (SSSR count). The number of rotatable bonds is 3. The van der Waals surface area contributed by atoms with Gasteiger partial charge in [0.15, 0.2) is 0 Å². The number of carbonyl (C=O) groups excluding carboxylic acids is 1. The van der Waals surface area contributed by atoms with Crippen LogP contribution in [0.1, 0.15) is 29.1 Å². The van der Waals surface area contributed by atoms with E-state index in [1.165, 1.54) is 0 Å². The predicted octanol–water partition coefficient (Wildman–Crippen LogP) is 2.71. The van der Waals surface area contributed by atoms with E-state index in [0.29, 0.717) is 17.6 Å². The van der Waals surface area contributed by atoms with Gasteiger partial charge < -0.3 is 9.88 Å². The van der Waals surface area contributed by atoms with Gasteiger partial charge in [-0.2, -0.15) is 0 Å². The Kier molecular flexibility index (Phi) is 3.90. The fourth-order valence-electron chi connectivity index (χ4n) is 3.77. The third kappa shape index (κ3) is 2.62. The van der Waals surface area contributed by atoms with Crippen molar-refractivity contribution in [1.29, 1.82) is 0 Å². The minimum atomic E-state index is -0.145. The smallest absolute Gasteiger partial charge is 0.278 e. The fraction of sp³-hybridized carbons (Fsp3) is 0.350. The summed E-state index contributed by atoms with van der Waals surface area (Å²) in [5.41, 5.74) is 4.90. The van der Waals surface area contributed by atoms with Crippen molar-refractivity contribution in [2.24, 2.45) is 0 Å². The number of aromatic nitrogens is 3. The molecule has 1 aliphatic rings. The summed E-state index contributed by atoms with van der Waals surface area (Å²) in [6, 6.07) is 7.80. The number of benzene rings is 1. The quantitative estimate of drug-likeness (QED) is 0.790. The summed E-state index contributed by atoms with van der Waals surface area (Å²) in [6.45, 7) is 6.65. The topological polar surface area (TPSA) is 68.9 Å². The molecule has 3 aromatic rings. The molecule has 0 saturated carbocycles. The molecule has 26 heavy (non-hydrogen) atoms. The van der Waals surface area contributed by atoms with E-state index in [4.69, 9.17) is 0 Å². The number of aryl methyl sites for hydroxylation is 4. The normalized spacial score (nSPS) is 13.2. The summed E-state index contributed by atoms with van der Waals surface area (Å²) in [4.78, 5) is 30.2. The number of carbonyl (C=O) groups is 1. The molecular formula is C20H22N4O2. The Morgan fingerprint density at radius 1 is 1.23 bits per heavy atom. The fourth-order valence-corrected chi connectivity index (χ4v) is 3.77. The van der Waals surface area contributed by atoms with Crippen LogP contribution in [-0.4, -0.2) is 20.0 Å². The Morgan fingerprint density at radius 3 is 2.69 bits per heavy atom. The van der Waals surface area contributed by atoms with E-state index < -0.39 is 0 Å². The van der Waals surface area contributed by atoms with Crippen molar-refractivity contribution in [3.63, 3.8) is 0 Å². The van der Waals surface area contributed by atoms with Crippen molar-refractivity contribution < 1.29 is 4.79 Å². The average Bonchev–Trinajstić information content (AvgIpc) is 3.17. The third-order valence-electron chi connectivity index (χ3n) is 5.12. The Hall–Kier alpha value is -2.89. The van der Waals surface area contributed by atoms with Crippen LogP contribution in [-0.2, 0) is 24.3 Å². The van der Waals surface area contributed by atoms with Crippen LogP contribution in [0, 0.1) is 20.8 Å². The second-order valence-corrected chi connectivity index (χ2v) is 7.01. The first kappa shape index (κ1) is 16.6. The first-order valence-corrected chi connectivity index (χ1v) is 8.91. The van der Waals surface area contributed by atoms with Crippen LogP contribution < -0.4 is 10.9 Å². The van der Waals surface area contributed by atoms with Gasteiger partial charge in [-0.3, -0.25) is 14.2 Å². The van der Waals surface area contributed by atoms with E-state index >= 15 is 0 Å². The van der Waals surface area contributed by atoms with Crippen LogP contribution in [0.3, 0.4) is 0 Å². The van der Waals surface area contributed by atoms with Crippen LogP contribution in [0.2, 0.25) is 0 Å². The molecule has 0 bridgehead atoms. The summed E-state index contributed by atoms with van der Waals surface area (Å²) in [5, 5.41) is 2.99. The summed E-state index contributed by atoms with van der Waals surface area (Å²) >= 11 is 0. The van der Waals surface area contributed by atoms with Crippen molar-refractivity contribution in [2.45, 2.75) is 46.7 Å². The van der Waals surface area contributed by atoms with Crippen molar-refractivity contribution in [3.05, 3.63) is 57.3 Å². The number of hydrogen-bond acceptors (Lipinski definition) is 3. The molecule has 1 N–H and O–H groups in total.